The SMILES string of the molecule is CCCNC(=O)C(C)N[C@H](C)c1cccc(Cl)c1. The van der Waals surface area contributed by atoms with Gasteiger partial charge >= 0.3 is 0 Å². The van der Waals surface area contributed by atoms with Gasteiger partial charge in [-0.1, -0.05) is 30.7 Å². The van der Waals surface area contributed by atoms with Crippen molar-refractivity contribution in [3.8, 4) is 0 Å². The third kappa shape index (κ3) is 4.67. The number of carbonyl (C=O) groups is 1. The van der Waals surface area contributed by atoms with Crippen LogP contribution in [0.25, 0.3) is 0 Å². The summed E-state index contributed by atoms with van der Waals surface area (Å²) < 4.78 is 0. The number of nitrogens with one attached hydrogen (secondary N) is 2. The summed E-state index contributed by atoms with van der Waals surface area (Å²) in [6, 6.07) is 7.54. The van der Waals surface area contributed by atoms with Gasteiger partial charge in [-0.05, 0) is 38.0 Å². The van der Waals surface area contributed by atoms with E-state index in [1.807, 2.05) is 45.0 Å². The molecule has 1 unspecified atom stereocenters. The molecule has 18 heavy (non-hydrogen) atoms. The predicted octanol–water partition coefficient (Wildman–Crippen LogP) is 2.91. The number of hydrogen-bond acceptors (Lipinski definition) is 2. The number of rotatable bonds is 6. The molecule has 0 fully saturated rings. The van der Waals surface area contributed by atoms with E-state index in [0.717, 1.165) is 18.5 Å². The van der Waals surface area contributed by atoms with E-state index in [4.69, 9.17) is 11.6 Å². The monoisotopic (exact) mass is 268 g/mol. The molecule has 100 valence electrons. The van der Waals surface area contributed by atoms with E-state index >= 15 is 0 Å². The van der Waals surface area contributed by atoms with E-state index < -0.39 is 0 Å². The van der Waals surface area contributed by atoms with E-state index in [1.54, 1.807) is 0 Å². The topological polar surface area (TPSA) is 41.1 Å². The molecule has 3 nitrogen and oxygen atoms in total. The summed E-state index contributed by atoms with van der Waals surface area (Å²) in [7, 11) is 0. The molecule has 1 amide bonds. The average Bonchev–Trinajstić information content (AvgIpc) is 2.35. The fourth-order valence-corrected chi connectivity index (χ4v) is 1.92. The smallest absolute Gasteiger partial charge is 0.236 e. The Morgan fingerprint density at radius 2 is 2.11 bits per heavy atom. The van der Waals surface area contributed by atoms with Crippen molar-refractivity contribution < 1.29 is 4.79 Å². The Kier molecular flexibility index (Phi) is 6.16. The molecule has 4 heteroatoms. The van der Waals surface area contributed by atoms with Crippen molar-refractivity contribution in [1.29, 1.82) is 0 Å². The third-order valence-electron chi connectivity index (χ3n) is 2.79. The summed E-state index contributed by atoms with van der Waals surface area (Å²) >= 11 is 5.95. The lowest BCUT2D eigenvalue weighted by Crippen LogP contribution is -2.43. The van der Waals surface area contributed by atoms with Crippen molar-refractivity contribution in [2.45, 2.75) is 39.3 Å². The second kappa shape index (κ2) is 7.39. The van der Waals surface area contributed by atoms with Crippen LogP contribution in [-0.2, 0) is 4.79 Å². The zero-order valence-corrected chi connectivity index (χ0v) is 11.9. The van der Waals surface area contributed by atoms with E-state index in [0.29, 0.717) is 5.02 Å². The summed E-state index contributed by atoms with van der Waals surface area (Å²) in [5.74, 6) is 0.0331. The molecule has 0 spiro atoms. The fraction of sp³-hybridized carbons (Fsp3) is 0.500. The van der Waals surface area contributed by atoms with Crippen LogP contribution in [0.2, 0.25) is 5.02 Å². The fourth-order valence-electron chi connectivity index (χ4n) is 1.72. The van der Waals surface area contributed by atoms with Crippen molar-refractivity contribution in [3.05, 3.63) is 34.9 Å². The minimum absolute atomic E-state index is 0.0331. The van der Waals surface area contributed by atoms with Crippen LogP contribution >= 0.6 is 11.6 Å². The maximum atomic E-state index is 11.7. The molecule has 0 heterocycles. The Labute approximate surface area is 114 Å². The van der Waals surface area contributed by atoms with Crippen LogP contribution in [0, 0.1) is 0 Å². The molecule has 1 aromatic rings. The first-order valence-electron chi connectivity index (χ1n) is 6.33. The lowest BCUT2D eigenvalue weighted by atomic mass is 10.1. The lowest BCUT2D eigenvalue weighted by molar-refractivity contribution is -0.122. The number of benzene rings is 1. The molecule has 0 aliphatic carbocycles. The standard InChI is InChI=1S/C14H21ClN2O/c1-4-8-16-14(18)11(3)17-10(2)12-6-5-7-13(15)9-12/h5-7,9-11,17H,4,8H2,1-3H3,(H,16,18)/t10-,11?/m1/s1. The first-order chi connectivity index (χ1) is 8.54. The van der Waals surface area contributed by atoms with Gasteiger partial charge in [0.25, 0.3) is 0 Å². The third-order valence-corrected chi connectivity index (χ3v) is 3.03. The normalized spacial score (nSPS) is 14.0. The van der Waals surface area contributed by atoms with Crippen molar-refractivity contribution in [1.82, 2.24) is 10.6 Å². The highest BCUT2D eigenvalue weighted by Crippen LogP contribution is 2.17. The highest BCUT2D eigenvalue weighted by molar-refractivity contribution is 6.30. The number of hydrogen-bond donors (Lipinski definition) is 2. The minimum atomic E-state index is -0.217. The van der Waals surface area contributed by atoms with Gasteiger partial charge in [0.15, 0.2) is 0 Å². The Morgan fingerprint density at radius 1 is 1.39 bits per heavy atom. The van der Waals surface area contributed by atoms with Gasteiger partial charge in [-0.15, -0.1) is 0 Å². The summed E-state index contributed by atoms with van der Waals surface area (Å²) in [6.45, 7) is 6.64. The van der Waals surface area contributed by atoms with Crippen molar-refractivity contribution in [3.63, 3.8) is 0 Å². The quantitative estimate of drug-likeness (QED) is 0.833. The Morgan fingerprint density at radius 3 is 2.72 bits per heavy atom. The maximum Gasteiger partial charge on any atom is 0.236 e. The van der Waals surface area contributed by atoms with Crippen LogP contribution in [-0.4, -0.2) is 18.5 Å². The molecule has 0 saturated heterocycles. The van der Waals surface area contributed by atoms with Crippen LogP contribution in [0.15, 0.2) is 24.3 Å². The Bertz CT molecular complexity index is 395. The van der Waals surface area contributed by atoms with Gasteiger partial charge in [0.1, 0.15) is 0 Å². The number of amides is 1. The van der Waals surface area contributed by atoms with E-state index in [1.165, 1.54) is 0 Å². The average molecular weight is 269 g/mol. The molecule has 2 N–H and O–H groups in total. The molecule has 2 atom stereocenters. The van der Waals surface area contributed by atoms with Crippen LogP contribution in [0.4, 0.5) is 0 Å². The highest BCUT2D eigenvalue weighted by Gasteiger charge is 2.15. The maximum absolute atomic E-state index is 11.7. The van der Waals surface area contributed by atoms with E-state index in [-0.39, 0.29) is 18.0 Å². The zero-order chi connectivity index (χ0) is 13.5. The van der Waals surface area contributed by atoms with Crippen LogP contribution in [0.5, 0.6) is 0 Å². The molecule has 0 aromatic heterocycles. The molecule has 0 bridgehead atoms. The molecule has 0 aliphatic heterocycles. The zero-order valence-electron chi connectivity index (χ0n) is 11.2. The molecular formula is C14H21ClN2O. The first kappa shape index (κ1) is 15.0. The second-order valence-electron chi connectivity index (χ2n) is 4.46. The van der Waals surface area contributed by atoms with E-state index in [2.05, 4.69) is 10.6 Å². The molecule has 0 radical (unpaired) electrons. The van der Waals surface area contributed by atoms with Crippen LogP contribution in [0.3, 0.4) is 0 Å². The van der Waals surface area contributed by atoms with Crippen molar-refractivity contribution in [2.75, 3.05) is 6.54 Å². The largest absolute Gasteiger partial charge is 0.355 e. The molecular weight excluding hydrogens is 248 g/mol. The summed E-state index contributed by atoms with van der Waals surface area (Å²) in [5, 5.41) is 6.85. The lowest BCUT2D eigenvalue weighted by Gasteiger charge is -2.20. The molecule has 0 saturated carbocycles. The Balaban J connectivity index is 2.53. The van der Waals surface area contributed by atoms with Crippen LogP contribution < -0.4 is 10.6 Å². The number of carbonyl (C=O) groups excluding carboxylic acids is 1. The molecule has 1 rings (SSSR count). The minimum Gasteiger partial charge on any atom is -0.355 e. The Hall–Kier alpha value is -1.06. The van der Waals surface area contributed by atoms with E-state index in [9.17, 15) is 4.79 Å². The van der Waals surface area contributed by atoms with Gasteiger partial charge in [-0.25, -0.2) is 0 Å². The summed E-state index contributed by atoms with van der Waals surface area (Å²) in [4.78, 5) is 11.7. The van der Waals surface area contributed by atoms with Crippen LogP contribution in [0.1, 0.15) is 38.8 Å². The van der Waals surface area contributed by atoms with Gasteiger partial charge in [-0.3, -0.25) is 10.1 Å². The number of halogens is 1. The van der Waals surface area contributed by atoms with Gasteiger partial charge in [-0.2, -0.15) is 0 Å². The van der Waals surface area contributed by atoms with Crippen molar-refractivity contribution in [2.24, 2.45) is 0 Å². The van der Waals surface area contributed by atoms with Gasteiger partial charge in [0.2, 0.25) is 5.91 Å². The van der Waals surface area contributed by atoms with Gasteiger partial charge in [0.05, 0.1) is 6.04 Å². The molecule has 0 aliphatic rings. The van der Waals surface area contributed by atoms with Gasteiger partial charge < -0.3 is 5.32 Å². The summed E-state index contributed by atoms with van der Waals surface area (Å²) in [6.07, 6.45) is 0.947. The first-order valence-corrected chi connectivity index (χ1v) is 6.71. The van der Waals surface area contributed by atoms with Crippen molar-refractivity contribution >= 4 is 17.5 Å². The summed E-state index contributed by atoms with van der Waals surface area (Å²) in [5.41, 5.74) is 1.08. The predicted molar refractivity (Wildman–Crippen MR) is 75.8 cm³/mol. The highest BCUT2D eigenvalue weighted by atomic mass is 35.5. The molecule has 1 aromatic carbocycles. The van der Waals surface area contributed by atoms with Gasteiger partial charge in [0, 0.05) is 17.6 Å². The second-order valence-corrected chi connectivity index (χ2v) is 4.89.